The van der Waals surface area contributed by atoms with E-state index in [0.29, 0.717) is 0 Å². The fourth-order valence-corrected chi connectivity index (χ4v) is 0.829. The summed E-state index contributed by atoms with van der Waals surface area (Å²) in [6.07, 6.45) is 1.15. The number of benzene rings is 1. The van der Waals surface area contributed by atoms with Crippen LogP contribution in [0.2, 0.25) is 6.32 Å². The molecule has 0 bridgehead atoms. The zero-order chi connectivity index (χ0) is 8.97. The lowest BCUT2D eigenvalue weighted by atomic mass is 10.0. The monoisotopic (exact) mass is 166 g/mol. The molecule has 12 heavy (non-hydrogen) atoms. The standard InChI is InChI=1S/C9H12BFO/c1-7(6-10)12-9-4-2-8(11)3-5-9/h2-5,7H,6,10H2,1H3/t7-/m1/s1. The zero-order valence-corrected chi connectivity index (χ0v) is 7.38. The molecule has 3 heteroatoms. The van der Waals surface area contributed by atoms with Crippen molar-refractivity contribution in [1.29, 1.82) is 0 Å². The van der Waals surface area contributed by atoms with Crippen LogP contribution in [0.1, 0.15) is 6.92 Å². The molecule has 0 fully saturated rings. The predicted molar refractivity (Wildman–Crippen MR) is 49.8 cm³/mol. The van der Waals surface area contributed by atoms with Crippen LogP contribution < -0.4 is 4.74 Å². The van der Waals surface area contributed by atoms with Crippen molar-refractivity contribution in [3.8, 4) is 5.75 Å². The van der Waals surface area contributed by atoms with Gasteiger partial charge >= 0.3 is 0 Å². The van der Waals surface area contributed by atoms with Crippen LogP contribution in [0.3, 0.4) is 0 Å². The van der Waals surface area contributed by atoms with Crippen LogP contribution in [0.15, 0.2) is 24.3 Å². The molecule has 0 radical (unpaired) electrons. The fraction of sp³-hybridized carbons (Fsp3) is 0.333. The van der Waals surface area contributed by atoms with Crippen molar-refractivity contribution in [2.45, 2.75) is 19.3 Å². The minimum Gasteiger partial charge on any atom is -0.491 e. The van der Waals surface area contributed by atoms with Crippen LogP contribution in [0.5, 0.6) is 5.75 Å². The molecule has 0 amide bonds. The first-order valence-corrected chi connectivity index (χ1v) is 4.14. The van der Waals surface area contributed by atoms with Crippen LogP contribution in [0, 0.1) is 5.82 Å². The van der Waals surface area contributed by atoms with Crippen molar-refractivity contribution in [1.82, 2.24) is 0 Å². The highest BCUT2D eigenvalue weighted by Gasteiger charge is 1.99. The zero-order valence-electron chi connectivity index (χ0n) is 7.38. The molecular weight excluding hydrogens is 154 g/mol. The van der Waals surface area contributed by atoms with Gasteiger partial charge in [0.2, 0.25) is 0 Å². The van der Waals surface area contributed by atoms with E-state index >= 15 is 0 Å². The molecule has 1 aromatic rings. The lowest BCUT2D eigenvalue weighted by Gasteiger charge is -2.11. The highest BCUT2D eigenvalue weighted by atomic mass is 19.1. The van der Waals surface area contributed by atoms with Gasteiger partial charge in [-0.05, 0) is 37.5 Å². The molecule has 64 valence electrons. The largest absolute Gasteiger partial charge is 0.491 e. The van der Waals surface area contributed by atoms with Crippen molar-refractivity contribution in [3.05, 3.63) is 30.1 Å². The van der Waals surface area contributed by atoms with E-state index in [4.69, 9.17) is 4.74 Å². The Labute approximate surface area is 73.0 Å². The number of rotatable bonds is 3. The van der Waals surface area contributed by atoms with E-state index in [0.717, 1.165) is 12.1 Å². The second-order valence-corrected chi connectivity index (χ2v) is 2.79. The van der Waals surface area contributed by atoms with Gasteiger partial charge < -0.3 is 4.74 Å². The Balaban J connectivity index is 2.58. The van der Waals surface area contributed by atoms with Crippen molar-refractivity contribution >= 4 is 7.85 Å². The molecule has 0 heterocycles. The number of halogens is 1. The number of hydrogen-bond acceptors (Lipinski definition) is 1. The molecule has 0 unspecified atom stereocenters. The van der Waals surface area contributed by atoms with Crippen LogP contribution in [0.4, 0.5) is 4.39 Å². The predicted octanol–water partition coefficient (Wildman–Crippen LogP) is 1.64. The Bertz CT molecular complexity index is 235. The smallest absolute Gasteiger partial charge is 0.123 e. The second kappa shape index (κ2) is 4.14. The normalized spacial score (nSPS) is 12.5. The van der Waals surface area contributed by atoms with Gasteiger partial charge in [0.1, 0.15) is 19.4 Å². The second-order valence-electron chi connectivity index (χ2n) is 2.79. The maximum atomic E-state index is 12.5. The quantitative estimate of drug-likeness (QED) is 0.620. The highest BCUT2D eigenvalue weighted by molar-refractivity contribution is 6.08. The lowest BCUT2D eigenvalue weighted by Crippen LogP contribution is -2.10. The van der Waals surface area contributed by atoms with Gasteiger partial charge in [-0.15, -0.1) is 0 Å². The molecule has 0 N–H and O–H groups in total. The molecule has 1 atom stereocenters. The summed E-state index contributed by atoms with van der Waals surface area (Å²) >= 11 is 0. The Morgan fingerprint density at radius 3 is 2.50 bits per heavy atom. The van der Waals surface area contributed by atoms with E-state index in [-0.39, 0.29) is 11.9 Å². The van der Waals surface area contributed by atoms with E-state index < -0.39 is 0 Å². The van der Waals surface area contributed by atoms with E-state index in [2.05, 4.69) is 0 Å². The first-order valence-electron chi connectivity index (χ1n) is 4.14. The van der Waals surface area contributed by atoms with Gasteiger partial charge in [0.25, 0.3) is 0 Å². The third-order valence-electron chi connectivity index (χ3n) is 1.73. The van der Waals surface area contributed by atoms with Crippen molar-refractivity contribution in [3.63, 3.8) is 0 Å². The van der Waals surface area contributed by atoms with Crippen molar-refractivity contribution in [2.24, 2.45) is 0 Å². The molecule has 0 aliphatic carbocycles. The summed E-state index contributed by atoms with van der Waals surface area (Å²) in [7, 11) is 2.05. The van der Waals surface area contributed by atoms with Gasteiger partial charge in [0.05, 0.1) is 6.10 Å². The van der Waals surface area contributed by atoms with Gasteiger partial charge in [0, 0.05) is 0 Å². The number of hydrogen-bond donors (Lipinski definition) is 0. The molecule has 0 aliphatic heterocycles. The van der Waals surface area contributed by atoms with E-state index in [1.165, 1.54) is 12.1 Å². The third-order valence-corrected chi connectivity index (χ3v) is 1.73. The molecular formula is C9H12BFO. The molecule has 0 aromatic heterocycles. The average molecular weight is 166 g/mol. The van der Waals surface area contributed by atoms with Gasteiger partial charge in [0.15, 0.2) is 0 Å². The van der Waals surface area contributed by atoms with E-state index in [9.17, 15) is 4.39 Å². The average Bonchev–Trinajstić information content (AvgIpc) is 2.09. The Kier molecular flexibility index (Phi) is 3.14. The molecule has 0 saturated carbocycles. The minimum absolute atomic E-state index is 0.190. The Morgan fingerprint density at radius 1 is 1.42 bits per heavy atom. The SMILES string of the molecule is BC[C@@H](C)Oc1ccc(F)cc1. The Hall–Kier alpha value is -0.985. The first-order chi connectivity index (χ1) is 5.72. The summed E-state index contributed by atoms with van der Waals surface area (Å²) in [5, 5.41) is 0. The topological polar surface area (TPSA) is 9.23 Å². The summed E-state index contributed by atoms with van der Waals surface area (Å²) in [5.41, 5.74) is 0. The summed E-state index contributed by atoms with van der Waals surface area (Å²) in [6, 6.07) is 6.08. The molecule has 1 rings (SSSR count). The molecule has 1 aromatic carbocycles. The summed E-state index contributed by atoms with van der Waals surface area (Å²) < 4.78 is 17.9. The van der Waals surface area contributed by atoms with Crippen LogP contribution in [0.25, 0.3) is 0 Å². The molecule has 0 spiro atoms. The fourth-order valence-electron chi connectivity index (χ4n) is 0.829. The highest BCUT2D eigenvalue weighted by Crippen LogP contribution is 2.13. The number of ether oxygens (including phenoxy) is 1. The van der Waals surface area contributed by atoms with Crippen LogP contribution >= 0.6 is 0 Å². The summed E-state index contributed by atoms with van der Waals surface area (Å²) in [4.78, 5) is 0. The van der Waals surface area contributed by atoms with Gasteiger partial charge in [-0.1, -0.05) is 0 Å². The maximum absolute atomic E-state index is 12.5. The summed E-state index contributed by atoms with van der Waals surface area (Å²) in [5.74, 6) is 0.497. The third kappa shape index (κ3) is 2.57. The molecule has 0 aliphatic rings. The maximum Gasteiger partial charge on any atom is 0.123 e. The molecule has 0 saturated heterocycles. The lowest BCUT2D eigenvalue weighted by molar-refractivity contribution is 0.242. The van der Waals surface area contributed by atoms with E-state index in [1.54, 1.807) is 12.1 Å². The van der Waals surface area contributed by atoms with Crippen LogP contribution in [-0.4, -0.2) is 14.0 Å². The van der Waals surface area contributed by atoms with Gasteiger partial charge in [-0.2, -0.15) is 0 Å². The van der Waals surface area contributed by atoms with Crippen molar-refractivity contribution < 1.29 is 9.13 Å². The van der Waals surface area contributed by atoms with Gasteiger partial charge in [-0.25, -0.2) is 4.39 Å². The first kappa shape index (κ1) is 9.11. The van der Waals surface area contributed by atoms with Gasteiger partial charge in [-0.3, -0.25) is 0 Å². The minimum atomic E-state index is -0.230. The van der Waals surface area contributed by atoms with Crippen LogP contribution in [-0.2, 0) is 0 Å². The molecule has 1 nitrogen and oxygen atoms in total. The Morgan fingerprint density at radius 2 is 2.00 bits per heavy atom. The summed E-state index contributed by atoms with van der Waals surface area (Å²) in [6.45, 7) is 1.99. The van der Waals surface area contributed by atoms with E-state index in [1.807, 2.05) is 14.8 Å². The van der Waals surface area contributed by atoms with Crippen molar-refractivity contribution in [2.75, 3.05) is 0 Å².